The number of nitrogens with zero attached hydrogens (tertiary/aromatic N) is 4. The molecule has 7 rings (SSSR count). The molecule has 5 nitrogen and oxygen atoms in total. The number of nitrogens with two attached hydrogens (primary N) is 1. The van der Waals surface area contributed by atoms with Gasteiger partial charge in [-0.1, -0.05) is 54.6 Å². The van der Waals surface area contributed by atoms with Gasteiger partial charge in [0.1, 0.15) is 5.82 Å². The third-order valence-electron chi connectivity index (χ3n) is 7.40. The topological polar surface area (TPSA) is 69.1 Å². The zero-order valence-electron chi connectivity index (χ0n) is 18.4. The minimum Gasteiger partial charge on any atom is -0.321 e. The average Bonchev–Trinajstić information content (AvgIpc) is 3.60. The summed E-state index contributed by atoms with van der Waals surface area (Å²) in [6.45, 7) is 0. The lowest BCUT2D eigenvalue weighted by atomic mass is 9.72. The highest BCUT2D eigenvalue weighted by atomic mass is 15.3. The van der Waals surface area contributed by atoms with Gasteiger partial charge in [-0.05, 0) is 55.4 Å². The average molecular weight is 432 g/mol. The molecule has 162 valence electrons. The van der Waals surface area contributed by atoms with Crippen molar-refractivity contribution in [2.75, 3.05) is 0 Å². The summed E-state index contributed by atoms with van der Waals surface area (Å²) in [5, 5.41) is 10.1. The minimum absolute atomic E-state index is 0.157. The largest absolute Gasteiger partial charge is 0.321 e. The number of aromatic nitrogens is 4. The Hall–Kier alpha value is -3.57. The van der Waals surface area contributed by atoms with Gasteiger partial charge in [-0.25, -0.2) is 4.98 Å². The SMILES string of the molecule is NC1(c2ccc(-c3nc4ccn5c(C6CC6)nnc5c4cc3-c3ccccc3)cc2)CCC1. The minimum atomic E-state index is -0.157. The van der Waals surface area contributed by atoms with Crippen LogP contribution in [0.2, 0.25) is 0 Å². The van der Waals surface area contributed by atoms with Crippen molar-refractivity contribution < 1.29 is 0 Å². The predicted octanol–water partition coefficient (Wildman–Crippen LogP) is 5.83. The summed E-state index contributed by atoms with van der Waals surface area (Å²) in [6, 6.07) is 23.5. The standard InChI is InChI=1S/C28H25N5/c29-28(14-4-15-28)21-11-9-19(10-12-21)25-22(18-5-2-1-3-6-18)17-23-24(30-25)13-16-33-26(20-7-8-20)31-32-27(23)33/h1-3,5-6,9-13,16-17,20H,4,7-8,14-15,29H2. The molecule has 0 saturated heterocycles. The van der Waals surface area contributed by atoms with Crippen LogP contribution in [0.5, 0.6) is 0 Å². The van der Waals surface area contributed by atoms with E-state index in [1.807, 2.05) is 6.07 Å². The molecule has 0 radical (unpaired) electrons. The molecule has 3 heterocycles. The van der Waals surface area contributed by atoms with Gasteiger partial charge in [0.05, 0.1) is 11.2 Å². The monoisotopic (exact) mass is 431 g/mol. The Balaban J connectivity index is 1.43. The van der Waals surface area contributed by atoms with Crippen LogP contribution >= 0.6 is 0 Å². The molecule has 0 aliphatic heterocycles. The van der Waals surface area contributed by atoms with Crippen LogP contribution < -0.4 is 5.73 Å². The summed E-state index contributed by atoms with van der Waals surface area (Å²) in [4.78, 5) is 5.16. The number of hydrogen-bond acceptors (Lipinski definition) is 4. The van der Waals surface area contributed by atoms with Gasteiger partial charge >= 0.3 is 0 Å². The molecule has 0 amide bonds. The quantitative estimate of drug-likeness (QED) is 0.389. The zero-order chi connectivity index (χ0) is 22.0. The van der Waals surface area contributed by atoms with Gasteiger partial charge < -0.3 is 5.73 Å². The molecule has 0 unspecified atom stereocenters. The van der Waals surface area contributed by atoms with Crippen LogP contribution in [0.25, 0.3) is 38.9 Å². The molecule has 2 aliphatic rings. The Kier molecular flexibility index (Phi) is 4.00. The predicted molar refractivity (Wildman–Crippen MR) is 131 cm³/mol. The van der Waals surface area contributed by atoms with Crippen molar-refractivity contribution in [3.63, 3.8) is 0 Å². The fourth-order valence-corrected chi connectivity index (χ4v) is 5.10. The van der Waals surface area contributed by atoms with Crippen LogP contribution in [0.3, 0.4) is 0 Å². The van der Waals surface area contributed by atoms with Crippen molar-refractivity contribution in [3.8, 4) is 22.4 Å². The maximum atomic E-state index is 6.56. The third kappa shape index (κ3) is 3.00. The third-order valence-corrected chi connectivity index (χ3v) is 7.40. The second kappa shape index (κ2) is 6.96. The highest BCUT2D eigenvalue weighted by Crippen LogP contribution is 2.41. The van der Waals surface area contributed by atoms with Crippen LogP contribution in [0.4, 0.5) is 0 Å². The van der Waals surface area contributed by atoms with Gasteiger partial charge in [0.15, 0.2) is 5.65 Å². The van der Waals surface area contributed by atoms with Crippen molar-refractivity contribution >= 4 is 16.6 Å². The van der Waals surface area contributed by atoms with Crippen LogP contribution in [0.1, 0.15) is 49.4 Å². The van der Waals surface area contributed by atoms with Gasteiger partial charge in [-0.2, -0.15) is 0 Å². The molecule has 33 heavy (non-hydrogen) atoms. The Bertz CT molecular complexity index is 1490. The first-order chi connectivity index (χ1) is 16.2. The lowest BCUT2D eigenvalue weighted by Gasteiger charge is -2.38. The van der Waals surface area contributed by atoms with E-state index in [4.69, 9.17) is 10.7 Å². The maximum absolute atomic E-state index is 6.56. The number of pyridine rings is 2. The molecule has 2 saturated carbocycles. The maximum Gasteiger partial charge on any atom is 0.170 e. The first kappa shape index (κ1) is 18.9. The van der Waals surface area contributed by atoms with Crippen molar-refractivity contribution in [1.29, 1.82) is 0 Å². The van der Waals surface area contributed by atoms with Gasteiger partial charge in [0, 0.05) is 34.2 Å². The van der Waals surface area contributed by atoms with Crippen molar-refractivity contribution in [2.45, 2.75) is 43.6 Å². The van der Waals surface area contributed by atoms with E-state index < -0.39 is 0 Å². The summed E-state index contributed by atoms with van der Waals surface area (Å²) >= 11 is 0. The van der Waals surface area contributed by atoms with E-state index >= 15 is 0 Å². The van der Waals surface area contributed by atoms with Crippen LogP contribution in [-0.4, -0.2) is 19.6 Å². The summed E-state index contributed by atoms with van der Waals surface area (Å²) < 4.78 is 2.14. The van der Waals surface area contributed by atoms with Crippen molar-refractivity contribution in [2.24, 2.45) is 5.73 Å². The van der Waals surface area contributed by atoms with E-state index in [9.17, 15) is 0 Å². The van der Waals surface area contributed by atoms with Crippen molar-refractivity contribution in [1.82, 2.24) is 19.6 Å². The van der Waals surface area contributed by atoms with Gasteiger partial charge in [0.25, 0.3) is 0 Å². The number of fused-ring (bicyclic) bond motifs is 3. The Labute approximate surface area is 192 Å². The molecule has 5 heteroatoms. The highest BCUT2D eigenvalue weighted by Gasteiger charge is 2.34. The lowest BCUT2D eigenvalue weighted by molar-refractivity contribution is 0.253. The number of rotatable bonds is 4. The molecule has 5 aromatic rings. The molecule has 2 N–H and O–H groups in total. The molecule has 2 aromatic carbocycles. The second-order valence-electron chi connectivity index (χ2n) is 9.61. The fraction of sp³-hybridized carbons (Fsp3) is 0.250. The van der Waals surface area contributed by atoms with Crippen molar-refractivity contribution in [3.05, 3.63) is 84.3 Å². The number of benzene rings is 2. The second-order valence-corrected chi connectivity index (χ2v) is 9.61. The summed E-state index contributed by atoms with van der Waals surface area (Å²) in [6.07, 6.45) is 7.81. The molecule has 0 bridgehead atoms. The normalized spacial score (nSPS) is 17.4. The van der Waals surface area contributed by atoms with Crippen LogP contribution in [-0.2, 0) is 5.54 Å². The molecule has 3 aromatic heterocycles. The fourth-order valence-electron chi connectivity index (χ4n) is 5.10. The summed E-state index contributed by atoms with van der Waals surface area (Å²) in [5.41, 5.74) is 13.8. The molecule has 2 aliphatic carbocycles. The van der Waals surface area contributed by atoms with E-state index in [1.165, 1.54) is 24.8 Å². The van der Waals surface area contributed by atoms with Crippen LogP contribution in [0.15, 0.2) is 72.9 Å². The smallest absolute Gasteiger partial charge is 0.170 e. The van der Waals surface area contributed by atoms with E-state index in [-0.39, 0.29) is 5.54 Å². The summed E-state index contributed by atoms with van der Waals surface area (Å²) in [5.74, 6) is 1.61. The molecule has 2 fully saturated rings. The van der Waals surface area contributed by atoms with Crippen LogP contribution in [0, 0.1) is 0 Å². The summed E-state index contributed by atoms with van der Waals surface area (Å²) in [7, 11) is 0. The van der Waals surface area contributed by atoms with Gasteiger partial charge in [-0.15, -0.1) is 10.2 Å². The first-order valence-corrected chi connectivity index (χ1v) is 11.8. The van der Waals surface area contributed by atoms with Gasteiger partial charge in [0.2, 0.25) is 0 Å². The molecular weight excluding hydrogens is 406 g/mol. The first-order valence-electron chi connectivity index (χ1n) is 11.8. The molecular formula is C28H25N5. The highest BCUT2D eigenvalue weighted by molar-refractivity contribution is 5.98. The number of hydrogen-bond donors (Lipinski definition) is 1. The zero-order valence-corrected chi connectivity index (χ0v) is 18.4. The van der Waals surface area contributed by atoms with E-state index in [1.54, 1.807) is 0 Å². The van der Waals surface area contributed by atoms with E-state index in [0.29, 0.717) is 5.92 Å². The Morgan fingerprint density at radius 1 is 0.879 bits per heavy atom. The van der Waals surface area contributed by atoms with Gasteiger partial charge in [-0.3, -0.25) is 4.40 Å². The van der Waals surface area contributed by atoms with E-state index in [2.05, 4.69) is 81.5 Å². The van der Waals surface area contributed by atoms with E-state index in [0.717, 1.165) is 57.6 Å². The Morgan fingerprint density at radius 3 is 2.36 bits per heavy atom. The molecule has 0 spiro atoms. The Morgan fingerprint density at radius 2 is 1.67 bits per heavy atom. The molecule has 0 atom stereocenters. The lowest BCUT2D eigenvalue weighted by Crippen LogP contribution is -2.43.